The van der Waals surface area contributed by atoms with Crippen molar-refractivity contribution in [2.24, 2.45) is 5.92 Å². The second kappa shape index (κ2) is 10.8. The molecule has 0 radical (unpaired) electrons. The van der Waals surface area contributed by atoms with Crippen molar-refractivity contribution in [3.63, 3.8) is 0 Å². The number of amides is 2. The maximum absolute atomic E-state index is 14.0. The maximum atomic E-state index is 14.0. The topological polar surface area (TPSA) is 92.2 Å². The van der Waals surface area contributed by atoms with Gasteiger partial charge in [0.15, 0.2) is 5.82 Å². The van der Waals surface area contributed by atoms with Crippen LogP contribution in [0.4, 0.5) is 0 Å². The molecule has 2 aliphatic rings. The number of para-hydroxylation sites is 1. The van der Waals surface area contributed by atoms with Crippen molar-refractivity contribution in [1.29, 1.82) is 0 Å². The van der Waals surface area contributed by atoms with Crippen LogP contribution in [0, 0.1) is 5.92 Å². The zero-order chi connectivity index (χ0) is 25.1. The molecule has 0 bridgehead atoms. The molecule has 3 atom stereocenters. The molecule has 1 saturated carbocycles. The number of pyridine rings is 1. The Morgan fingerprint density at radius 2 is 1.86 bits per heavy atom. The number of nitrogens with one attached hydrogen (secondary N) is 2. The number of fused-ring (bicyclic) bond motifs is 1. The fourth-order valence-electron chi connectivity index (χ4n) is 5.73. The minimum atomic E-state index is -0.481. The number of likely N-dealkylation sites (tertiary alicyclic amines) is 1. The van der Waals surface area contributed by atoms with E-state index in [0.29, 0.717) is 6.54 Å². The Balaban J connectivity index is 1.41. The lowest BCUT2D eigenvalue weighted by Crippen LogP contribution is -2.55. The molecule has 2 aromatic heterocycles. The highest BCUT2D eigenvalue weighted by Crippen LogP contribution is 2.35. The number of rotatable bonds is 7. The third-order valence-corrected chi connectivity index (χ3v) is 7.90. The summed E-state index contributed by atoms with van der Waals surface area (Å²) < 4.78 is 1.85. The number of aromatic nitrogens is 3. The van der Waals surface area contributed by atoms with E-state index in [-0.39, 0.29) is 29.8 Å². The first-order valence-electron chi connectivity index (χ1n) is 13.2. The first kappa shape index (κ1) is 24.4. The summed E-state index contributed by atoms with van der Waals surface area (Å²) in [4.78, 5) is 33.4. The third kappa shape index (κ3) is 4.87. The molecule has 190 valence electrons. The molecule has 2 fully saturated rings. The van der Waals surface area contributed by atoms with Crippen molar-refractivity contribution in [2.45, 2.75) is 70.0 Å². The van der Waals surface area contributed by atoms with E-state index in [1.54, 1.807) is 13.2 Å². The number of likely N-dealkylation sites (N-methyl/N-ethyl adjacent to an activating group) is 1. The number of hydrogen-bond donors (Lipinski definition) is 2. The van der Waals surface area contributed by atoms with Gasteiger partial charge >= 0.3 is 0 Å². The smallest absolute Gasteiger partial charge is 0.245 e. The summed E-state index contributed by atoms with van der Waals surface area (Å²) in [5.41, 5.74) is 2.06. The Morgan fingerprint density at radius 1 is 1.06 bits per heavy atom. The van der Waals surface area contributed by atoms with E-state index in [2.05, 4.69) is 20.7 Å². The van der Waals surface area contributed by atoms with Crippen molar-refractivity contribution in [3.05, 3.63) is 54.4 Å². The highest BCUT2D eigenvalue weighted by atomic mass is 16.2. The predicted octanol–water partition coefficient (Wildman–Crippen LogP) is 3.76. The molecular weight excluding hydrogens is 452 g/mol. The Kier molecular flexibility index (Phi) is 7.32. The second-order valence-electron chi connectivity index (χ2n) is 10.1. The molecule has 2 N–H and O–H groups in total. The summed E-state index contributed by atoms with van der Waals surface area (Å²) in [5.74, 6) is 0.856. The normalized spacial score (nSPS) is 20.4. The Hall–Kier alpha value is -3.26. The van der Waals surface area contributed by atoms with Crippen LogP contribution in [0.2, 0.25) is 0 Å². The zero-order valence-electron chi connectivity index (χ0n) is 21.2. The van der Waals surface area contributed by atoms with E-state index in [1.165, 1.54) is 6.42 Å². The van der Waals surface area contributed by atoms with Crippen LogP contribution >= 0.6 is 0 Å². The third-order valence-electron chi connectivity index (χ3n) is 7.90. The van der Waals surface area contributed by atoms with Gasteiger partial charge in [0.25, 0.3) is 0 Å². The summed E-state index contributed by atoms with van der Waals surface area (Å²) in [7, 11) is 1.77. The van der Waals surface area contributed by atoms with Crippen LogP contribution in [0.25, 0.3) is 16.7 Å². The molecule has 1 aliphatic carbocycles. The molecule has 5 rings (SSSR count). The maximum Gasteiger partial charge on any atom is 0.245 e. The number of hydrogen-bond acceptors (Lipinski definition) is 5. The van der Waals surface area contributed by atoms with Gasteiger partial charge in [-0.2, -0.15) is 5.10 Å². The largest absolute Gasteiger partial charge is 0.343 e. The van der Waals surface area contributed by atoms with Crippen molar-refractivity contribution < 1.29 is 9.59 Å². The minimum Gasteiger partial charge on any atom is -0.343 e. The Labute approximate surface area is 212 Å². The van der Waals surface area contributed by atoms with Crippen LogP contribution in [0.1, 0.15) is 63.5 Å². The van der Waals surface area contributed by atoms with Gasteiger partial charge in [0.05, 0.1) is 23.8 Å². The molecule has 1 aromatic carbocycles. The van der Waals surface area contributed by atoms with Crippen LogP contribution in [-0.4, -0.2) is 57.2 Å². The number of carbonyl (C=O) groups excluding carboxylic acids is 2. The van der Waals surface area contributed by atoms with Gasteiger partial charge in [-0.05, 0) is 69.3 Å². The second-order valence-corrected chi connectivity index (χ2v) is 10.1. The van der Waals surface area contributed by atoms with E-state index < -0.39 is 6.04 Å². The van der Waals surface area contributed by atoms with Gasteiger partial charge < -0.3 is 15.5 Å². The minimum absolute atomic E-state index is 0.0363. The molecule has 8 heteroatoms. The monoisotopic (exact) mass is 488 g/mol. The van der Waals surface area contributed by atoms with Crippen LogP contribution in [0.15, 0.2) is 48.8 Å². The summed E-state index contributed by atoms with van der Waals surface area (Å²) >= 11 is 0. The lowest BCUT2D eigenvalue weighted by molar-refractivity contribution is -0.139. The van der Waals surface area contributed by atoms with E-state index in [9.17, 15) is 9.59 Å². The van der Waals surface area contributed by atoms with Gasteiger partial charge in [0.2, 0.25) is 11.8 Å². The van der Waals surface area contributed by atoms with Crippen molar-refractivity contribution in [1.82, 2.24) is 30.3 Å². The molecule has 0 spiro atoms. The molecule has 3 unspecified atom stereocenters. The van der Waals surface area contributed by atoms with Crippen LogP contribution in [-0.2, 0) is 9.59 Å². The van der Waals surface area contributed by atoms with E-state index in [1.807, 2.05) is 59.1 Å². The van der Waals surface area contributed by atoms with Crippen LogP contribution in [0.5, 0.6) is 0 Å². The van der Waals surface area contributed by atoms with E-state index in [0.717, 1.165) is 60.8 Å². The lowest BCUT2D eigenvalue weighted by Gasteiger charge is -2.35. The zero-order valence-corrected chi connectivity index (χ0v) is 21.2. The lowest BCUT2D eigenvalue weighted by atomic mass is 9.83. The fraction of sp³-hybridized carbons (Fsp3) is 0.500. The molecular formula is C28H36N6O2. The molecule has 3 aromatic rings. The highest BCUT2D eigenvalue weighted by molar-refractivity contribution is 5.90. The Bertz CT molecular complexity index is 1220. The Morgan fingerprint density at radius 3 is 2.67 bits per heavy atom. The molecule has 2 amide bonds. The van der Waals surface area contributed by atoms with Crippen LogP contribution in [0.3, 0.4) is 0 Å². The van der Waals surface area contributed by atoms with E-state index >= 15 is 0 Å². The van der Waals surface area contributed by atoms with Gasteiger partial charge in [-0.1, -0.05) is 37.5 Å². The average molecular weight is 489 g/mol. The first-order chi connectivity index (χ1) is 17.6. The van der Waals surface area contributed by atoms with Crippen molar-refractivity contribution in [2.75, 3.05) is 13.6 Å². The molecule has 8 nitrogen and oxygen atoms in total. The SMILES string of the molecule is CNC(C)C(=O)NC(C(=O)N1CCCC1c1ccnc(-n2ncc3ccccc32)c1)C1CCCCC1. The summed E-state index contributed by atoms with van der Waals surface area (Å²) in [6, 6.07) is 11.3. The summed E-state index contributed by atoms with van der Waals surface area (Å²) in [6.45, 7) is 2.53. The molecule has 1 aliphatic heterocycles. The van der Waals surface area contributed by atoms with E-state index in [4.69, 9.17) is 0 Å². The fourth-order valence-corrected chi connectivity index (χ4v) is 5.73. The van der Waals surface area contributed by atoms with Gasteiger partial charge in [-0.15, -0.1) is 0 Å². The summed E-state index contributed by atoms with van der Waals surface area (Å²) in [6.07, 6.45) is 10.9. The summed E-state index contributed by atoms with van der Waals surface area (Å²) in [5, 5.41) is 11.7. The first-order valence-corrected chi connectivity index (χ1v) is 13.2. The van der Waals surface area contributed by atoms with Crippen molar-refractivity contribution in [3.8, 4) is 5.82 Å². The molecule has 36 heavy (non-hydrogen) atoms. The average Bonchev–Trinajstić information content (AvgIpc) is 3.59. The van der Waals surface area contributed by atoms with Crippen molar-refractivity contribution >= 4 is 22.7 Å². The highest BCUT2D eigenvalue weighted by Gasteiger charge is 2.39. The van der Waals surface area contributed by atoms with Gasteiger partial charge in [0, 0.05) is 18.1 Å². The number of carbonyl (C=O) groups is 2. The molecule has 1 saturated heterocycles. The molecule has 3 heterocycles. The quantitative estimate of drug-likeness (QED) is 0.528. The standard InChI is InChI=1S/C28H36N6O2/c1-19(29-2)27(35)32-26(20-9-4-3-5-10-20)28(36)33-16-8-13-23(33)21-14-15-30-25(17-21)34-24-12-7-6-11-22(24)18-31-34/h6-7,11-12,14-15,17-20,23,26,29H,3-5,8-10,13,16H2,1-2H3,(H,32,35). The van der Waals surface area contributed by atoms with Gasteiger partial charge in [-0.3, -0.25) is 9.59 Å². The van der Waals surface area contributed by atoms with Gasteiger partial charge in [-0.25, -0.2) is 9.67 Å². The number of benzene rings is 1. The number of nitrogens with zero attached hydrogens (tertiary/aromatic N) is 4. The van der Waals surface area contributed by atoms with Crippen LogP contribution < -0.4 is 10.6 Å². The van der Waals surface area contributed by atoms with Gasteiger partial charge in [0.1, 0.15) is 6.04 Å². The predicted molar refractivity (Wildman–Crippen MR) is 140 cm³/mol.